The molecule has 2 aromatic carbocycles. The van der Waals surface area contributed by atoms with Gasteiger partial charge in [-0.15, -0.1) is 11.3 Å². The SMILES string of the molecule is CC(C)n1c(=Cc2cccc[n+]2Cc2ccc(F)c(F)c2)sc(=C2Sc3ccccc3N2C)c1=O. The van der Waals surface area contributed by atoms with Crippen molar-refractivity contribution in [2.75, 3.05) is 11.9 Å². The topological polar surface area (TPSA) is 29.1 Å². The molecule has 35 heavy (non-hydrogen) atoms. The lowest BCUT2D eigenvalue weighted by molar-refractivity contribution is -0.690. The quantitative estimate of drug-likeness (QED) is 0.386. The molecule has 1 aliphatic rings. The number of benzene rings is 2. The van der Waals surface area contributed by atoms with Gasteiger partial charge in [0.15, 0.2) is 24.4 Å². The standard InChI is InChI=1S/C27H24F2N3OS2/c1-17(2)32-24(35-25(26(32)33)27-30(3)22-9-4-5-10-23(22)34-27)15-19-8-6-7-13-31(19)16-18-11-12-20(28)21(29)14-18/h4-15,17H,16H2,1-3H3/q+1. The van der Waals surface area contributed by atoms with Crippen LogP contribution in [0.25, 0.3) is 11.1 Å². The zero-order valence-corrected chi connectivity index (χ0v) is 21.2. The number of fused-ring (bicyclic) bond motifs is 1. The number of hydrogen-bond acceptors (Lipinski definition) is 4. The van der Waals surface area contributed by atoms with Gasteiger partial charge in [0.05, 0.1) is 5.69 Å². The van der Waals surface area contributed by atoms with E-state index < -0.39 is 11.6 Å². The van der Waals surface area contributed by atoms with E-state index in [1.165, 1.54) is 17.4 Å². The largest absolute Gasteiger partial charge is 0.337 e. The van der Waals surface area contributed by atoms with Gasteiger partial charge >= 0.3 is 0 Å². The molecule has 4 aromatic rings. The molecule has 0 atom stereocenters. The summed E-state index contributed by atoms with van der Waals surface area (Å²) in [7, 11) is 1.99. The second-order valence-corrected chi connectivity index (χ2v) is 10.7. The molecule has 0 fully saturated rings. The lowest BCUT2D eigenvalue weighted by atomic mass is 10.2. The number of thioether (sulfide) groups is 1. The fourth-order valence-corrected chi connectivity index (χ4v) is 6.68. The van der Waals surface area contributed by atoms with E-state index in [1.54, 1.807) is 17.8 Å². The number of thiazole rings is 1. The molecule has 8 heteroatoms. The summed E-state index contributed by atoms with van der Waals surface area (Å²) in [6.07, 6.45) is 3.88. The predicted octanol–water partition coefficient (Wildman–Crippen LogP) is 4.24. The summed E-state index contributed by atoms with van der Waals surface area (Å²) in [5, 5.41) is 0.929. The Bertz CT molecular complexity index is 1610. The van der Waals surface area contributed by atoms with E-state index in [9.17, 15) is 13.6 Å². The molecule has 0 aliphatic carbocycles. The molecule has 0 amide bonds. The van der Waals surface area contributed by atoms with Gasteiger partial charge in [0.2, 0.25) is 5.69 Å². The molecule has 1 aliphatic heterocycles. The van der Waals surface area contributed by atoms with Crippen LogP contribution in [0.15, 0.2) is 76.6 Å². The minimum Gasteiger partial charge on any atom is -0.337 e. The number of para-hydroxylation sites is 1. The molecule has 0 bridgehead atoms. The lowest BCUT2D eigenvalue weighted by Crippen LogP contribution is -2.38. The summed E-state index contributed by atoms with van der Waals surface area (Å²) >= 11 is 3.09. The second kappa shape index (κ2) is 9.43. The second-order valence-electron chi connectivity index (χ2n) is 8.62. The van der Waals surface area contributed by atoms with E-state index in [2.05, 4.69) is 17.0 Å². The van der Waals surface area contributed by atoms with Crippen LogP contribution in [0.2, 0.25) is 0 Å². The van der Waals surface area contributed by atoms with Crippen LogP contribution in [-0.2, 0) is 6.54 Å². The van der Waals surface area contributed by atoms with Gasteiger partial charge < -0.3 is 4.90 Å². The highest BCUT2D eigenvalue weighted by Gasteiger charge is 2.25. The van der Waals surface area contributed by atoms with Crippen molar-refractivity contribution in [1.82, 2.24) is 4.57 Å². The van der Waals surface area contributed by atoms with Crippen LogP contribution in [0.1, 0.15) is 31.1 Å². The van der Waals surface area contributed by atoms with Crippen molar-refractivity contribution in [1.29, 1.82) is 0 Å². The molecule has 3 heterocycles. The Balaban J connectivity index is 1.64. The van der Waals surface area contributed by atoms with Crippen molar-refractivity contribution in [2.45, 2.75) is 31.3 Å². The third-order valence-corrected chi connectivity index (χ3v) is 8.35. The van der Waals surface area contributed by atoms with E-state index in [1.807, 2.05) is 72.6 Å². The van der Waals surface area contributed by atoms with Crippen LogP contribution >= 0.6 is 23.1 Å². The Labute approximate surface area is 210 Å². The Morgan fingerprint density at radius 1 is 1.03 bits per heavy atom. The number of nitrogens with zero attached hydrogens (tertiary/aromatic N) is 3. The number of anilines is 1. The molecular formula is C27H24F2N3OS2+. The highest BCUT2D eigenvalue weighted by atomic mass is 32.2. The molecule has 178 valence electrons. The van der Waals surface area contributed by atoms with Crippen LogP contribution < -0.4 is 24.2 Å². The number of halogens is 2. The Hall–Kier alpha value is -3.23. The zero-order valence-electron chi connectivity index (χ0n) is 19.5. The maximum absolute atomic E-state index is 13.8. The molecule has 2 aromatic heterocycles. The molecular weight excluding hydrogens is 484 g/mol. The lowest BCUT2D eigenvalue weighted by Gasteiger charge is -2.12. The highest BCUT2D eigenvalue weighted by Crippen LogP contribution is 2.44. The fourth-order valence-electron chi connectivity index (χ4n) is 4.16. The summed E-state index contributed by atoms with van der Waals surface area (Å²) in [5.74, 6) is -1.72. The minimum absolute atomic E-state index is 0.0125. The minimum atomic E-state index is -0.864. The third-order valence-electron chi connectivity index (χ3n) is 5.89. The van der Waals surface area contributed by atoms with Crippen molar-refractivity contribution in [2.24, 2.45) is 0 Å². The van der Waals surface area contributed by atoms with E-state index in [0.717, 1.165) is 32.0 Å². The smallest absolute Gasteiger partial charge is 0.271 e. The summed E-state index contributed by atoms with van der Waals surface area (Å²) < 4.78 is 32.5. The molecule has 5 rings (SSSR count). The Morgan fingerprint density at radius 3 is 2.54 bits per heavy atom. The fraction of sp³-hybridized carbons (Fsp3) is 0.185. The van der Waals surface area contributed by atoms with E-state index in [0.29, 0.717) is 16.6 Å². The van der Waals surface area contributed by atoms with Gasteiger partial charge in [-0.25, -0.2) is 8.78 Å². The molecule has 0 radical (unpaired) electrons. The van der Waals surface area contributed by atoms with Crippen molar-refractivity contribution in [3.05, 3.63) is 109 Å². The first kappa shape index (κ1) is 23.5. The molecule has 0 N–H and O–H groups in total. The zero-order chi connectivity index (χ0) is 24.7. The third kappa shape index (κ3) is 4.44. The van der Waals surface area contributed by atoms with E-state index >= 15 is 0 Å². The van der Waals surface area contributed by atoms with Crippen LogP contribution in [0.3, 0.4) is 0 Å². The number of aromatic nitrogens is 2. The van der Waals surface area contributed by atoms with Gasteiger partial charge in [-0.3, -0.25) is 9.36 Å². The average Bonchev–Trinajstić information content (AvgIpc) is 3.34. The number of hydrogen-bond donors (Lipinski definition) is 0. The first-order valence-electron chi connectivity index (χ1n) is 11.2. The first-order chi connectivity index (χ1) is 16.8. The summed E-state index contributed by atoms with van der Waals surface area (Å²) in [4.78, 5) is 16.8. The normalized spacial score (nSPS) is 15.3. The number of rotatable bonds is 4. The van der Waals surface area contributed by atoms with Gasteiger partial charge in [-0.2, -0.15) is 4.57 Å². The Morgan fingerprint density at radius 2 is 1.80 bits per heavy atom. The van der Waals surface area contributed by atoms with Gasteiger partial charge in [-0.05, 0) is 50.2 Å². The van der Waals surface area contributed by atoms with Crippen LogP contribution in [-0.4, -0.2) is 11.6 Å². The van der Waals surface area contributed by atoms with E-state index in [4.69, 9.17) is 0 Å². The molecule has 0 spiro atoms. The highest BCUT2D eigenvalue weighted by molar-refractivity contribution is 8.08. The first-order valence-corrected chi connectivity index (χ1v) is 12.9. The van der Waals surface area contributed by atoms with Crippen LogP contribution in [0.4, 0.5) is 14.5 Å². The van der Waals surface area contributed by atoms with Crippen LogP contribution in [0.5, 0.6) is 0 Å². The molecule has 0 saturated carbocycles. The van der Waals surface area contributed by atoms with Gasteiger partial charge in [0.1, 0.15) is 14.2 Å². The molecule has 0 unspecified atom stereocenters. The maximum atomic E-state index is 13.8. The summed E-state index contributed by atoms with van der Waals surface area (Å²) in [5.41, 5.74) is 2.59. The van der Waals surface area contributed by atoms with E-state index in [-0.39, 0.29) is 11.6 Å². The summed E-state index contributed by atoms with van der Waals surface area (Å²) in [6.45, 7) is 4.38. The Kier molecular flexibility index (Phi) is 6.34. The monoisotopic (exact) mass is 508 g/mol. The number of pyridine rings is 1. The molecule has 0 saturated heterocycles. The predicted molar refractivity (Wildman–Crippen MR) is 138 cm³/mol. The average molecular weight is 509 g/mol. The van der Waals surface area contributed by atoms with Crippen LogP contribution in [0, 0.1) is 11.6 Å². The summed E-state index contributed by atoms with van der Waals surface area (Å²) in [6, 6.07) is 17.8. The molecule has 4 nitrogen and oxygen atoms in total. The van der Waals surface area contributed by atoms with Crippen molar-refractivity contribution >= 4 is 39.9 Å². The van der Waals surface area contributed by atoms with Gasteiger partial charge in [-0.1, -0.05) is 23.9 Å². The van der Waals surface area contributed by atoms with Gasteiger partial charge in [0, 0.05) is 41.8 Å². The van der Waals surface area contributed by atoms with Gasteiger partial charge in [0.25, 0.3) is 5.56 Å². The maximum Gasteiger partial charge on any atom is 0.271 e. The van der Waals surface area contributed by atoms with Crippen molar-refractivity contribution in [3.63, 3.8) is 0 Å². The van der Waals surface area contributed by atoms with Crippen molar-refractivity contribution < 1.29 is 13.3 Å². The van der Waals surface area contributed by atoms with Crippen molar-refractivity contribution in [3.8, 4) is 0 Å².